The maximum absolute atomic E-state index is 13.1. The molecule has 1 amide bonds. The first-order valence-corrected chi connectivity index (χ1v) is 9.20. The van der Waals surface area contributed by atoms with E-state index in [1.165, 1.54) is 12.1 Å². The van der Waals surface area contributed by atoms with Crippen molar-refractivity contribution in [3.05, 3.63) is 60.3 Å². The molecule has 1 aliphatic carbocycles. The van der Waals surface area contributed by atoms with Crippen LogP contribution in [0.4, 0.5) is 4.39 Å². The highest BCUT2D eigenvalue weighted by Gasteiger charge is 2.25. The van der Waals surface area contributed by atoms with Crippen molar-refractivity contribution >= 4 is 5.91 Å². The van der Waals surface area contributed by atoms with Crippen molar-refractivity contribution in [2.45, 2.75) is 37.8 Å². The van der Waals surface area contributed by atoms with Crippen LogP contribution in [0.5, 0.6) is 0 Å². The van der Waals surface area contributed by atoms with E-state index in [0.717, 1.165) is 31.2 Å². The Hall–Kier alpha value is -2.96. The Morgan fingerprint density at radius 3 is 2.59 bits per heavy atom. The molecular weight excluding hydrogens is 345 g/mol. The van der Waals surface area contributed by atoms with Crippen LogP contribution in [0.1, 0.15) is 42.2 Å². The van der Waals surface area contributed by atoms with Crippen molar-refractivity contribution in [2.24, 2.45) is 7.05 Å². The number of carbonyl (C=O) groups is 1. The number of benzene rings is 1. The predicted octanol–water partition coefficient (Wildman–Crippen LogP) is 3.34. The van der Waals surface area contributed by atoms with Gasteiger partial charge in [0.1, 0.15) is 11.5 Å². The third kappa shape index (κ3) is 3.77. The lowest BCUT2D eigenvalue weighted by atomic mass is 9.91. The molecule has 2 aromatic heterocycles. The van der Waals surface area contributed by atoms with Crippen LogP contribution in [0.15, 0.2) is 48.8 Å². The molecule has 1 fully saturated rings. The van der Waals surface area contributed by atoms with Gasteiger partial charge in [-0.2, -0.15) is 10.2 Å². The van der Waals surface area contributed by atoms with E-state index in [0.29, 0.717) is 17.4 Å². The van der Waals surface area contributed by atoms with Crippen molar-refractivity contribution in [1.29, 1.82) is 0 Å². The predicted molar refractivity (Wildman–Crippen MR) is 99.6 cm³/mol. The fraction of sp³-hybridized carbons (Fsp3) is 0.350. The minimum absolute atomic E-state index is 0.124. The van der Waals surface area contributed by atoms with Gasteiger partial charge in [0.05, 0.1) is 11.7 Å². The van der Waals surface area contributed by atoms with Crippen molar-refractivity contribution in [2.75, 3.05) is 0 Å². The molecule has 1 N–H and O–H groups in total. The van der Waals surface area contributed by atoms with Crippen molar-refractivity contribution in [3.8, 4) is 11.3 Å². The Morgan fingerprint density at radius 1 is 1.19 bits per heavy atom. The smallest absolute Gasteiger partial charge is 0.269 e. The van der Waals surface area contributed by atoms with Crippen LogP contribution < -0.4 is 5.32 Å². The number of carbonyl (C=O) groups excluding carboxylic acids is 1. The summed E-state index contributed by atoms with van der Waals surface area (Å²) in [6, 6.07) is 10.4. The highest BCUT2D eigenvalue weighted by molar-refractivity contribution is 5.93. The quantitative estimate of drug-likeness (QED) is 0.769. The highest BCUT2D eigenvalue weighted by Crippen LogP contribution is 2.28. The second-order valence-corrected chi connectivity index (χ2v) is 7.01. The van der Waals surface area contributed by atoms with Crippen LogP contribution >= 0.6 is 0 Å². The lowest BCUT2D eigenvalue weighted by molar-refractivity contribution is 0.0912. The summed E-state index contributed by atoms with van der Waals surface area (Å²) >= 11 is 0. The largest absolute Gasteiger partial charge is 0.348 e. The van der Waals surface area contributed by atoms with Gasteiger partial charge >= 0.3 is 0 Å². The zero-order chi connectivity index (χ0) is 18.8. The molecule has 1 aliphatic rings. The van der Waals surface area contributed by atoms with Gasteiger partial charge in [-0.15, -0.1) is 0 Å². The molecule has 0 bridgehead atoms. The van der Waals surface area contributed by atoms with Gasteiger partial charge in [-0.25, -0.2) is 4.39 Å². The van der Waals surface area contributed by atoms with E-state index in [-0.39, 0.29) is 17.8 Å². The molecular formula is C20H22FN5O. The van der Waals surface area contributed by atoms with Crippen LogP contribution in [0.2, 0.25) is 0 Å². The van der Waals surface area contributed by atoms with E-state index in [9.17, 15) is 9.18 Å². The molecule has 6 nitrogen and oxygen atoms in total. The molecule has 140 valence electrons. The van der Waals surface area contributed by atoms with Gasteiger partial charge in [0.15, 0.2) is 0 Å². The first-order chi connectivity index (χ1) is 13.1. The number of nitrogens with one attached hydrogen (secondary N) is 1. The summed E-state index contributed by atoms with van der Waals surface area (Å²) in [5.41, 5.74) is 1.94. The van der Waals surface area contributed by atoms with Crippen LogP contribution in [-0.4, -0.2) is 31.5 Å². The van der Waals surface area contributed by atoms with Gasteiger partial charge in [-0.3, -0.25) is 14.2 Å². The Bertz CT molecular complexity index is 909. The fourth-order valence-corrected chi connectivity index (χ4v) is 3.68. The number of aromatic nitrogens is 4. The van der Waals surface area contributed by atoms with Crippen LogP contribution in [0, 0.1) is 5.82 Å². The van der Waals surface area contributed by atoms with Crippen molar-refractivity contribution in [3.63, 3.8) is 0 Å². The Balaban J connectivity index is 1.39. The topological polar surface area (TPSA) is 64.7 Å². The van der Waals surface area contributed by atoms with Gasteiger partial charge in [-0.05, 0) is 62.1 Å². The fourth-order valence-electron chi connectivity index (χ4n) is 3.68. The van der Waals surface area contributed by atoms with Gasteiger partial charge in [0.2, 0.25) is 0 Å². The molecule has 27 heavy (non-hydrogen) atoms. The SMILES string of the molecule is Cn1nc(-c2ccc(F)cc2)cc1C(=O)NC1CCC(n2cccn2)CC1. The molecule has 1 aromatic carbocycles. The van der Waals surface area contributed by atoms with Gasteiger partial charge in [-0.1, -0.05) is 0 Å². The summed E-state index contributed by atoms with van der Waals surface area (Å²) < 4.78 is 16.7. The standard InChI is InChI=1S/C20H22FN5O/c1-25-19(13-18(24-25)14-3-5-15(21)6-4-14)20(27)23-16-7-9-17(10-8-16)26-12-2-11-22-26/h2-6,11-13,16-17H,7-10H2,1H3,(H,23,27). The number of nitrogens with zero attached hydrogens (tertiary/aromatic N) is 4. The molecule has 0 unspecified atom stereocenters. The van der Waals surface area contributed by atoms with Crippen molar-refractivity contribution in [1.82, 2.24) is 24.9 Å². The number of halogens is 1. The second-order valence-electron chi connectivity index (χ2n) is 7.01. The molecule has 0 spiro atoms. The Kier molecular flexibility index (Phi) is 4.75. The summed E-state index contributed by atoms with van der Waals surface area (Å²) in [7, 11) is 1.75. The summed E-state index contributed by atoms with van der Waals surface area (Å²) in [5.74, 6) is -0.417. The second kappa shape index (κ2) is 7.34. The summed E-state index contributed by atoms with van der Waals surface area (Å²) in [5, 5.41) is 11.8. The van der Waals surface area contributed by atoms with Gasteiger partial charge in [0, 0.05) is 31.0 Å². The van der Waals surface area contributed by atoms with E-state index >= 15 is 0 Å². The molecule has 2 heterocycles. The maximum atomic E-state index is 13.1. The highest BCUT2D eigenvalue weighted by atomic mass is 19.1. The summed E-state index contributed by atoms with van der Waals surface area (Å²) in [4.78, 5) is 12.7. The maximum Gasteiger partial charge on any atom is 0.269 e. The number of amides is 1. The van der Waals surface area contributed by atoms with Crippen LogP contribution in [-0.2, 0) is 7.05 Å². The first kappa shape index (κ1) is 17.5. The zero-order valence-electron chi connectivity index (χ0n) is 15.2. The van der Waals surface area contributed by atoms with Crippen LogP contribution in [0.3, 0.4) is 0 Å². The normalized spacial score (nSPS) is 19.8. The summed E-state index contributed by atoms with van der Waals surface area (Å²) in [6.45, 7) is 0. The zero-order valence-corrected chi connectivity index (χ0v) is 15.2. The summed E-state index contributed by atoms with van der Waals surface area (Å²) in [6.07, 6.45) is 7.65. The average Bonchev–Trinajstić information content (AvgIpc) is 3.33. The van der Waals surface area contributed by atoms with Gasteiger partial charge in [0.25, 0.3) is 5.91 Å². The number of hydrogen-bond donors (Lipinski definition) is 1. The van der Waals surface area contributed by atoms with E-state index in [1.54, 1.807) is 36.1 Å². The lowest BCUT2D eigenvalue weighted by Crippen LogP contribution is -2.38. The Morgan fingerprint density at radius 2 is 1.93 bits per heavy atom. The molecule has 3 aromatic rings. The van der Waals surface area contributed by atoms with E-state index in [4.69, 9.17) is 0 Å². The van der Waals surface area contributed by atoms with Crippen molar-refractivity contribution < 1.29 is 9.18 Å². The third-order valence-electron chi connectivity index (χ3n) is 5.18. The molecule has 0 radical (unpaired) electrons. The molecule has 4 rings (SSSR count). The molecule has 0 atom stereocenters. The average molecular weight is 367 g/mol. The number of aryl methyl sites for hydroxylation is 1. The monoisotopic (exact) mass is 367 g/mol. The minimum Gasteiger partial charge on any atom is -0.348 e. The van der Waals surface area contributed by atoms with Gasteiger partial charge < -0.3 is 5.32 Å². The van der Waals surface area contributed by atoms with Crippen LogP contribution in [0.25, 0.3) is 11.3 Å². The number of rotatable bonds is 4. The molecule has 7 heteroatoms. The van der Waals surface area contributed by atoms with E-state index < -0.39 is 0 Å². The third-order valence-corrected chi connectivity index (χ3v) is 5.18. The molecule has 1 saturated carbocycles. The van der Waals surface area contributed by atoms with E-state index in [1.807, 2.05) is 16.9 Å². The Labute approximate surface area is 157 Å². The van der Waals surface area contributed by atoms with E-state index in [2.05, 4.69) is 15.5 Å². The first-order valence-electron chi connectivity index (χ1n) is 9.20. The molecule has 0 saturated heterocycles. The number of hydrogen-bond acceptors (Lipinski definition) is 3. The lowest BCUT2D eigenvalue weighted by Gasteiger charge is -2.29. The molecule has 0 aliphatic heterocycles. The minimum atomic E-state index is -0.293.